The van der Waals surface area contributed by atoms with E-state index in [1.807, 2.05) is 6.92 Å². The highest BCUT2D eigenvalue weighted by molar-refractivity contribution is 7.99. The quantitative estimate of drug-likeness (QED) is 0.665. The first-order valence-corrected chi connectivity index (χ1v) is 8.02. The molecule has 1 aromatic rings. The molecule has 6 heteroatoms. The minimum atomic E-state index is -0.0732. The number of nitrogens with zero attached hydrogens (tertiary/aromatic N) is 2. The lowest BCUT2D eigenvalue weighted by atomic mass is 10.2. The largest absolute Gasteiger partial charge is 0.356 e. The molecule has 1 amide bonds. The second-order valence-corrected chi connectivity index (χ2v) is 6.14. The van der Waals surface area contributed by atoms with Gasteiger partial charge in [-0.05, 0) is 20.3 Å². The number of unbranched alkanes of at least 4 members (excludes halogenated alkanes) is 1. The molecule has 5 nitrogen and oxygen atoms in total. The average Bonchev–Trinajstić information content (AvgIpc) is 2.79. The van der Waals surface area contributed by atoms with E-state index >= 15 is 0 Å². The average molecular weight is 295 g/mol. The maximum Gasteiger partial charge on any atom is 0.257 e. The van der Waals surface area contributed by atoms with E-state index in [4.69, 9.17) is 0 Å². The van der Waals surface area contributed by atoms with Crippen molar-refractivity contribution < 1.29 is 4.79 Å². The summed E-state index contributed by atoms with van der Waals surface area (Å²) in [5, 5.41) is 3.64. The van der Waals surface area contributed by atoms with Crippen LogP contribution in [0.5, 0.6) is 0 Å². The van der Waals surface area contributed by atoms with Crippen LogP contribution in [0.25, 0.3) is 0 Å². The highest BCUT2D eigenvalue weighted by Gasteiger charge is 2.28. The normalized spacial score (nSPS) is 17.1. The van der Waals surface area contributed by atoms with Crippen molar-refractivity contribution in [1.82, 2.24) is 14.9 Å². The Morgan fingerprint density at radius 1 is 1.50 bits per heavy atom. The predicted molar refractivity (Wildman–Crippen MR) is 80.3 cm³/mol. The van der Waals surface area contributed by atoms with E-state index in [2.05, 4.69) is 17.2 Å². The Balaban J connectivity index is 2.10. The van der Waals surface area contributed by atoms with Gasteiger partial charge in [0.15, 0.2) is 5.16 Å². The van der Waals surface area contributed by atoms with Crippen LogP contribution in [0.15, 0.2) is 9.95 Å². The number of thioether (sulfide) groups is 1. The summed E-state index contributed by atoms with van der Waals surface area (Å²) in [5.74, 6) is 0.758. The highest BCUT2D eigenvalue weighted by atomic mass is 32.2. The molecule has 1 N–H and O–H groups in total. The van der Waals surface area contributed by atoms with Crippen LogP contribution in [0.2, 0.25) is 0 Å². The van der Waals surface area contributed by atoms with Gasteiger partial charge in [-0.25, -0.2) is 4.98 Å². The van der Waals surface area contributed by atoms with Crippen molar-refractivity contribution in [3.63, 3.8) is 0 Å². The molecule has 0 aliphatic carbocycles. The van der Waals surface area contributed by atoms with Crippen molar-refractivity contribution >= 4 is 17.7 Å². The number of aromatic nitrogens is 2. The number of fused-ring (bicyclic) bond motifs is 1. The Hall–Kier alpha value is -1.30. The van der Waals surface area contributed by atoms with Crippen molar-refractivity contribution in [2.45, 2.75) is 51.2 Å². The van der Waals surface area contributed by atoms with Crippen LogP contribution in [0, 0.1) is 13.8 Å². The lowest BCUT2D eigenvalue weighted by Gasteiger charge is -2.14. The summed E-state index contributed by atoms with van der Waals surface area (Å²) in [6.07, 6.45) is 2.40. The molecule has 1 aliphatic rings. The van der Waals surface area contributed by atoms with Gasteiger partial charge < -0.3 is 5.32 Å². The molecule has 1 unspecified atom stereocenters. The van der Waals surface area contributed by atoms with E-state index in [9.17, 15) is 9.59 Å². The zero-order chi connectivity index (χ0) is 14.7. The van der Waals surface area contributed by atoms with Gasteiger partial charge in [0.25, 0.3) is 5.56 Å². The first-order chi connectivity index (χ1) is 9.54. The van der Waals surface area contributed by atoms with Gasteiger partial charge in [0.2, 0.25) is 5.91 Å². The third-order valence-electron chi connectivity index (χ3n) is 3.60. The molecular weight excluding hydrogens is 274 g/mol. The van der Waals surface area contributed by atoms with Crippen LogP contribution in [0.3, 0.4) is 0 Å². The molecule has 1 atom stereocenters. The molecule has 0 spiro atoms. The molecule has 0 fully saturated rings. The van der Waals surface area contributed by atoms with Gasteiger partial charge >= 0.3 is 0 Å². The molecular formula is C14H21N3O2S. The summed E-state index contributed by atoms with van der Waals surface area (Å²) in [4.78, 5) is 28.6. The first kappa shape index (κ1) is 15.1. The van der Waals surface area contributed by atoms with Crippen molar-refractivity contribution in [3.8, 4) is 0 Å². The molecule has 0 aromatic carbocycles. The van der Waals surface area contributed by atoms with E-state index in [0.717, 1.165) is 29.4 Å². The molecule has 20 heavy (non-hydrogen) atoms. The van der Waals surface area contributed by atoms with E-state index < -0.39 is 0 Å². The zero-order valence-corrected chi connectivity index (χ0v) is 13.0. The van der Waals surface area contributed by atoms with Crippen molar-refractivity contribution in [2.75, 3.05) is 12.3 Å². The van der Waals surface area contributed by atoms with E-state index in [0.29, 0.717) is 18.5 Å². The molecule has 1 aromatic heterocycles. The smallest absolute Gasteiger partial charge is 0.257 e. The van der Waals surface area contributed by atoms with Gasteiger partial charge in [-0.2, -0.15) is 0 Å². The lowest BCUT2D eigenvalue weighted by Crippen LogP contribution is -2.32. The van der Waals surface area contributed by atoms with Crippen LogP contribution in [0.4, 0.5) is 0 Å². The Morgan fingerprint density at radius 2 is 2.25 bits per heavy atom. The van der Waals surface area contributed by atoms with Crippen LogP contribution >= 0.6 is 11.8 Å². The van der Waals surface area contributed by atoms with Crippen LogP contribution in [0.1, 0.15) is 43.5 Å². The fourth-order valence-corrected chi connectivity index (χ4v) is 3.39. The fourth-order valence-electron chi connectivity index (χ4n) is 2.21. The van der Waals surface area contributed by atoms with Gasteiger partial charge in [0.1, 0.15) is 0 Å². The van der Waals surface area contributed by atoms with Crippen LogP contribution < -0.4 is 10.9 Å². The van der Waals surface area contributed by atoms with E-state index in [1.54, 1.807) is 23.3 Å². The zero-order valence-electron chi connectivity index (χ0n) is 12.2. The van der Waals surface area contributed by atoms with Gasteiger partial charge in [-0.15, -0.1) is 0 Å². The van der Waals surface area contributed by atoms with Crippen molar-refractivity contribution in [1.29, 1.82) is 0 Å². The standard InChI is InChI=1S/C14H21N3O2S/c1-4-5-6-15-12(18)7-11-8-20-14-16-10(3)9(2)13(19)17(11)14/h11H,4-8H2,1-3H3,(H,15,18). The summed E-state index contributed by atoms with van der Waals surface area (Å²) in [6, 6.07) is -0.0732. The number of rotatable bonds is 5. The topological polar surface area (TPSA) is 64.0 Å². The Bertz CT molecular complexity index is 568. The van der Waals surface area contributed by atoms with E-state index in [-0.39, 0.29) is 17.5 Å². The third-order valence-corrected chi connectivity index (χ3v) is 4.69. The first-order valence-electron chi connectivity index (χ1n) is 7.03. The summed E-state index contributed by atoms with van der Waals surface area (Å²) in [7, 11) is 0. The van der Waals surface area contributed by atoms with Gasteiger partial charge in [0, 0.05) is 30.0 Å². The third kappa shape index (κ3) is 3.06. The number of hydrogen-bond acceptors (Lipinski definition) is 4. The molecule has 2 heterocycles. The minimum Gasteiger partial charge on any atom is -0.356 e. The number of aryl methyl sites for hydroxylation is 1. The number of carbonyl (C=O) groups excluding carboxylic acids is 1. The Labute approximate surface area is 123 Å². The lowest BCUT2D eigenvalue weighted by molar-refractivity contribution is -0.121. The number of carbonyl (C=O) groups is 1. The molecule has 0 bridgehead atoms. The monoisotopic (exact) mass is 295 g/mol. The van der Waals surface area contributed by atoms with Crippen molar-refractivity contribution in [2.24, 2.45) is 0 Å². The van der Waals surface area contributed by atoms with Crippen molar-refractivity contribution in [3.05, 3.63) is 21.6 Å². The maximum atomic E-state index is 12.3. The Morgan fingerprint density at radius 3 is 2.95 bits per heavy atom. The van der Waals surface area contributed by atoms with Gasteiger partial charge in [-0.1, -0.05) is 25.1 Å². The van der Waals surface area contributed by atoms with Gasteiger partial charge in [-0.3, -0.25) is 14.2 Å². The molecule has 0 saturated heterocycles. The number of amides is 1. The summed E-state index contributed by atoms with van der Waals surface area (Å²) < 4.78 is 1.69. The number of nitrogens with one attached hydrogen (secondary N) is 1. The number of hydrogen-bond donors (Lipinski definition) is 1. The molecule has 2 rings (SSSR count). The molecule has 0 radical (unpaired) electrons. The molecule has 0 saturated carbocycles. The van der Waals surface area contributed by atoms with Crippen LogP contribution in [-0.2, 0) is 4.79 Å². The van der Waals surface area contributed by atoms with Crippen LogP contribution in [-0.4, -0.2) is 27.8 Å². The molecule has 110 valence electrons. The maximum absolute atomic E-state index is 12.3. The highest BCUT2D eigenvalue weighted by Crippen LogP contribution is 2.32. The summed E-state index contributed by atoms with van der Waals surface area (Å²) >= 11 is 1.56. The van der Waals surface area contributed by atoms with E-state index in [1.165, 1.54) is 0 Å². The minimum absolute atomic E-state index is 0.0103. The Kier molecular flexibility index (Phi) is 4.86. The second-order valence-electron chi connectivity index (χ2n) is 5.15. The summed E-state index contributed by atoms with van der Waals surface area (Å²) in [6.45, 7) is 6.44. The SMILES string of the molecule is CCCCNC(=O)CC1CSc2nc(C)c(C)c(=O)n21. The molecule has 1 aliphatic heterocycles. The predicted octanol–water partition coefficient (Wildman–Crippen LogP) is 1.81. The fraction of sp³-hybridized carbons (Fsp3) is 0.643. The van der Waals surface area contributed by atoms with Gasteiger partial charge in [0.05, 0.1) is 6.04 Å². The summed E-state index contributed by atoms with van der Waals surface area (Å²) in [5.41, 5.74) is 1.44. The second kappa shape index (κ2) is 6.43.